The summed E-state index contributed by atoms with van der Waals surface area (Å²) in [7, 11) is -4.39. The van der Waals surface area contributed by atoms with E-state index < -0.39 is 21.3 Å². The van der Waals surface area contributed by atoms with Gasteiger partial charge in [0.1, 0.15) is 0 Å². The van der Waals surface area contributed by atoms with Gasteiger partial charge in [-0.25, -0.2) is 0 Å². The molecule has 0 aromatic rings. The number of hydrogen-bond acceptors (Lipinski definition) is 4. The van der Waals surface area contributed by atoms with E-state index in [0.717, 1.165) is 25.7 Å². The lowest BCUT2D eigenvalue weighted by Gasteiger charge is -2.13. The molecule has 5 nitrogen and oxygen atoms in total. The van der Waals surface area contributed by atoms with Crippen molar-refractivity contribution >= 4 is 16.1 Å². The van der Waals surface area contributed by atoms with Crippen molar-refractivity contribution in [2.24, 2.45) is 0 Å². The number of unbranched alkanes of at least 4 members (excludes halogenated alkanes) is 10. The van der Waals surface area contributed by atoms with E-state index in [2.05, 4.69) is 6.92 Å². The Morgan fingerprint density at radius 3 is 1.75 bits per heavy atom. The molecule has 1 unspecified atom stereocenters. The topological polar surface area (TPSA) is 80.7 Å². The van der Waals surface area contributed by atoms with Gasteiger partial charge < -0.3 is 4.74 Å². The lowest BCUT2D eigenvalue weighted by Crippen LogP contribution is -2.32. The van der Waals surface area contributed by atoms with Gasteiger partial charge >= 0.3 is 5.97 Å². The van der Waals surface area contributed by atoms with Crippen LogP contribution in [0.25, 0.3) is 0 Å². The normalized spacial score (nSPS) is 13.0. The predicted molar refractivity (Wildman–Crippen MR) is 97.7 cm³/mol. The van der Waals surface area contributed by atoms with Crippen molar-refractivity contribution in [3.05, 3.63) is 0 Å². The fraction of sp³-hybridized carbons (Fsp3) is 0.944. The lowest BCUT2D eigenvalue weighted by molar-refractivity contribution is -0.143. The van der Waals surface area contributed by atoms with Gasteiger partial charge in [0.15, 0.2) is 5.25 Å². The van der Waals surface area contributed by atoms with Crippen molar-refractivity contribution in [1.82, 2.24) is 0 Å². The van der Waals surface area contributed by atoms with Gasteiger partial charge in [-0.05, 0) is 12.8 Å². The third-order valence-corrected chi connectivity index (χ3v) is 5.33. The smallest absolute Gasteiger partial charge is 0.326 e. The van der Waals surface area contributed by atoms with Gasteiger partial charge in [-0.15, -0.1) is 0 Å². The van der Waals surface area contributed by atoms with E-state index >= 15 is 0 Å². The molecular weight excluding hydrogens is 328 g/mol. The number of hydrogen-bond donors (Lipinski definition) is 1. The Kier molecular flexibility index (Phi) is 14.3. The maximum Gasteiger partial charge on any atom is 0.326 e. The molecule has 0 aliphatic heterocycles. The molecule has 0 spiro atoms. The first-order chi connectivity index (χ1) is 11.4. The highest BCUT2D eigenvalue weighted by Gasteiger charge is 2.31. The van der Waals surface area contributed by atoms with Crippen LogP contribution >= 0.6 is 0 Å². The van der Waals surface area contributed by atoms with Gasteiger partial charge in [0.2, 0.25) is 0 Å². The van der Waals surface area contributed by atoms with Crippen LogP contribution in [0.3, 0.4) is 0 Å². The standard InChI is InChI=1S/C18H36O5S/c1-3-5-7-8-9-10-11-12-13-14-15-17(24(20,21)22)18(19)23-16-6-4-2/h17H,3-16H2,1-2H3,(H,20,21,22). The summed E-state index contributed by atoms with van der Waals surface area (Å²) in [5.74, 6) is -0.818. The maximum absolute atomic E-state index is 11.8. The van der Waals surface area contributed by atoms with Crippen LogP contribution < -0.4 is 0 Å². The summed E-state index contributed by atoms with van der Waals surface area (Å²) in [6.07, 6.45) is 13.0. The molecule has 0 aromatic carbocycles. The molecule has 0 heterocycles. The van der Waals surface area contributed by atoms with E-state index in [4.69, 9.17) is 4.74 Å². The van der Waals surface area contributed by atoms with Gasteiger partial charge in [0.25, 0.3) is 10.1 Å². The first kappa shape index (κ1) is 23.4. The van der Waals surface area contributed by atoms with Crippen LogP contribution in [0.5, 0.6) is 0 Å². The molecule has 0 aliphatic carbocycles. The quantitative estimate of drug-likeness (QED) is 0.239. The Hall–Kier alpha value is -0.620. The van der Waals surface area contributed by atoms with Crippen LogP contribution in [0.1, 0.15) is 97.3 Å². The summed E-state index contributed by atoms with van der Waals surface area (Å²) in [6.45, 7) is 4.37. The average Bonchev–Trinajstić information content (AvgIpc) is 2.51. The van der Waals surface area contributed by atoms with Crippen LogP contribution in [0.2, 0.25) is 0 Å². The molecule has 6 heteroatoms. The lowest BCUT2D eigenvalue weighted by atomic mass is 10.1. The van der Waals surface area contributed by atoms with Gasteiger partial charge in [0.05, 0.1) is 6.61 Å². The highest BCUT2D eigenvalue weighted by atomic mass is 32.2. The fourth-order valence-electron chi connectivity index (χ4n) is 2.62. The Bertz CT molecular complexity index is 406. The summed E-state index contributed by atoms with van der Waals surface area (Å²) in [5.41, 5.74) is 0. The van der Waals surface area contributed by atoms with Gasteiger partial charge in [-0.2, -0.15) is 8.42 Å². The third-order valence-electron chi connectivity index (χ3n) is 4.18. The summed E-state index contributed by atoms with van der Waals surface area (Å²) in [5, 5.41) is -1.43. The minimum absolute atomic E-state index is 0.139. The molecule has 0 saturated heterocycles. The molecular formula is C18H36O5S. The van der Waals surface area contributed by atoms with Crippen molar-refractivity contribution in [1.29, 1.82) is 0 Å². The van der Waals surface area contributed by atoms with Crippen LogP contribution in [-0.2, 0) is 19.6 Å². The third kappa shape index (κ3) is 12.8. The predicted octanol–water partition coefficient (Wildman–Crippen LogP) is 4.90. The SMILES string of the molecule is CCCCCCCCCCCCC(C(=O)OCCCC)S(=O)(=O)O. The molecule has 1 atom stereocenters. The number of esters is 1. The zero-order chi connectivity index (χ0) is 18.3. The largest absolute Gasteiger partial charge is 0.465 e. The first-order valence-corrected chi connectivity index (χ1v) is 11.1. The Labute approximate surface area is 148 Å². The molecule has 144 valence electrons. The van der Waals surface area contributed by atoms with Crippen molar-refractivity contribution < 1.29 is 22.5 Å². The first-order valence-electron chi connectivity index (χ1n) is 9.56. The highest BCUT2D eigenvalue weighted by Crippen LogP contribution is 2.15. The van der Waals surface area contributed by atoms with Gasteiger partial charge in [0, 0.05) is 0 Å². The molecule has 0 aromatic heterocycles. The Balaban J connectivity index is 3.86. The Morgan fingerprint density at radius 1 is 0.833 bits per heavy atom. The van der Waals surface area contributed by atoms with E-state index in [0.29, 0.717) is 12.8 Å². The minimum Gasteiger partial charge on any atom is -0.465 e. The van der Waals surface area contributed by atoms with E-state index in [1.165, 1.54) is 38.5 Å². The number of rotatable bonds is 16. The number of ether oxygens (including phenoxy) is 1. The monoisotopic (exact) mass is 364 g/mol. The average molecular weight is 365 g/mol. The molecule has 1 N–H and O–H groups in total. The maximum atomic E-state index is 11.8. The van der Waals surface area contributed by atoms with Gasteiger partial charge in [-0.1, -0.05) is 84.5 Å². The molecule has 0 saturated carbocycles. The minimum atomic E-state index is -4.39. The zero-order valence-electron chi connectivity index (χ0n) is 15.5. The number of carbonyl (C=O) groups excluding carboxylic acids is 1. The van der Waals surface area contributed by atoms with Crippen molar-refractivity contribution in [2.45, 2.75) is 103 Å². The summed E-state index contributed by atoms with van der Waals surface area (Å²) in [4.78, 5) is 11.8. The van der Waals surface area contributed by atoms with E-state index in [9.17, 15) is 17.8 Å². The van der Waals surface area contributed by atoms with E-state index in [-0.39, 0.29) is 13.0 Å². The summed E-state index contributed by atoms with van der Waals surface area (Å²) in [6, 6.07) is 0. The van der Waals surface area contributed by atoms with Crippen LogP contribution in [-0.4, -0.2) is 30.8 Å². The van der Waals surface area contributed by atoms with Crippen LogP contribution in [0, 0.1) is 0 Å². The fourth-order valence-corrected chi connectivity index (χ4v) is 3.39. The molecule has 24 heavy (non-hydrogen) atoms. The van der Waals surface area contributed by atoms with Crippen molar-refractivity contribution in [3.8, 4) is 0 Å². The second-order valence-corrected chi connectivity index (χ2v) is 8.09. The van der Waals surface area contributed by atoms with E-state index in [1.807, 2.05) is 6.92 Å². The van der Waals surface area contributed by atoms with Crippen molar-refractivity contribution in [3.63, 3.8) is 0 Å². The van der Waals surface area contributed by atoms with Crippen LogP contribution in [0.15, 0.2) is 0 Å². The van der Waals surface area contributed by atoms with Crippen molar-refractivity contribution in [2.75, 3.05) is 6.61 Å². The summed E-state index contributed by atoms with van der Waals surface area (Å²) < 4.78 is 36.9. The molecule has 0 rings (SSSR count). The second kappa shape index (κ2) is 14.7. The van der Waals surface area contributed by atoms with Crippen LogP contribution in [0.4, 0.5) is 0 Å². The molecule has 0 amide bonds. The van der Waals surface area contributed by atoms with E-state index in [1.54, 1.807) is 0 Å². The molecule has 0 radical (unpaired) electrons. The second-order valence-electron chi connectivity index (χ2n) is 6.50. The molecule has 0 fully saturated rings. The summed E-state index contributed by atoms with van der Waals surface area (Å²) >= 11 is 0. The van der Waals surface area contributed by atoms with Gasteiger partial charge in [-0.3, -0.25) is 9.35 Å². The highest BCUT2D eigenvalue weighted by molar-refractivity contribution is 7.87. The molecule has 0 bridgehead atoms. The Morgan fingerprint density at radius 2 is 1.29 bits per heavy atom. The molecule has 0 aliphatic rings. The number of carbonyl (C=O) groups is 1. The zero-order valence-corrected chi connectivity index (χ0v) is 16.3.